The molecule has 0 spiro atoms. The van der Waals surface area contributed by atoms with Crippen molar-refractivity contribution in [3.05, 3.63) is 71.5 Å². The number of carbonyl (C=O) groups excluding carboxylic acids is 2. The van der Waals surface area contributed by atoms with Gasteiger partial charge < -0.3 is 9.47 Å². The number of rotatable bonds is 8. The lowest BCUT2D eigenvalue weighted by Gasteiger charge is -2.15. The number of aromatic nitrogens is 3. The van der Waals surface area contributed by atoms with Crippen LogP contribution in [-0.4, -0.2) is 48.6 Å². The van der Waals surface area contributed by atoms with Crippen molar-refractivity contribution >= 4 is 28.0 Å². The van der Waals surface area contributed by atoms with Gasteiger partial charge in [0.05, 0.1) is 12.7 Å². The van der Waals surface area contributed by atoms with E-state index in [9.17, 15) is 18.0 Å². The SMILES string of the molecule is COc1nc(C)nc(NC(=O)NS(=O)(=O)c2ccccc2C(=O)OC(C)Cc2ccccc2)n1. The number of benzene rings is 2. The summed E-state index contributed by atoms with van der Waals surface area (Å²) >= 11 is 0. The number of methoxy groups -OCH3 is 1. The molecule has 34 heavy (non-hydrogen) atoms. The molecule has 0 aliphatic heterocycles. The number of nitrogens with one attached hydrogen (secondary N) is 2. The summed E-state index contributed by atoms with van der Waals surface area (Å²) in [6.07, 6.45) is -0.0549. The zero-order chi connectivity index (χ0) is 24.7. The highest BCUT2D eigenvalue weighted by Gasteiger charge is 2.26. The van der Waals surface area contributed by atoms with Crippen LogP contribution in [0.4, 0.5) is 10.7 Å². The first-order valence-electron chi connectivity index (χ1n) is 10.1. The van der Waals surface area contributed by atoms with Gasteiger partial charge in [-0.25, -0.2) is 22.7 Å². The standard InChI is InChI=1S/C22H23N5O6S/c1-14(13-16-9-5-4-6-10-16)33-19(28)17-11-7-8-12-18(17)34(30,31)27-21(29)25-20-23-15(2)24-22(26-20)32-3/h4-12,14H,13H2,1-3H3,(H2,23,24,25,26,27,29). The van der Waals surface area contributed by atoms with Gasteiger partial charge in [0.25, 0.3) is 10.0 Å². The van der Waals surface area contributed by atoms with Crippen molar-refractivity contribution in [2.24, 2.45) is 0 Å². The molecule has 0 aliphatic rings. The molecule has 1 aromatic heterocycles. The van der Waals surface area contributed by atoms with Crippen LogP contribution < -0.4 is 14.8 Å². The number of aryl methyl sites for hydroxylation is 1. The minimum atomic E-state index is -4.44. The molecule has 1 unspecified atom stereocenters. The third-order valence-electron chi connectivity index (χ3n) is 4.43. The van der Waals surface area contributed by atoms with Gasteiger partial charge in [-0.2, -0.15) is 15.0 Å². The molecule has 0 aliphatic carbocycles. The Morgan fingerprint density at radius 3 is 2.38 bits per heavy atom. The van der Waals surface area contributed by atoms with E-state index in [-0.39, 0.29) is 23.3 Å². The van der Waals surface area contributed by atoms with Crippen molar-refractivity contribution in [1.82, 2.24) is 19.7 Å². The van der Waals surface area contributed by atoms with Crippen LogP contribution in [0.3, 0.4) is 0 Å². The maximum Gasteiger partial charge on any atom is 0.339 e. The molecule has 2 N–H and O–H groups in total. The summed E-state index contributed by atoms with van der Waals surface area (Å²) in [4.78, 5) is 36.2. The van der Waals surface area contributed by atoms with Crippen molar-refractivity contribution < 1.29 is 27.5 Å². The van der Waals surface area contributed by atoms with E-state index in [1.807, 2.05) is 35.1 Å². The molecule has 3 rings (SSSR count). The van der Waals surface area contributed by atoms with E-state index < -0.39 is 33.0 Å². The van der Waals surface area contributed by atoms with Crippen molar-refractivity contribution in [3.8, 4) is 6.01 Å². The summed E-state index contributed by atoms with van der Waals surface area (Å²) in [5.74, 6) is -0.787. The fourth-order valence-corrected chi connectivity index (χ4v) is 4.12. The lowest BCUT2D eigenvalue weighted by molar-refractivity contribution is 0.0338. The maximum atomic E-state index is 12.9. The lowest BCUT2D eigenvalue weighted by Crippen LogP contribution is -2.36. The molecule has 2 amide bonds. The number of ether oxygens (including phenoxy) is 2. The summed E-state index contributed by atoms with van der Waals surface area (Å²) in [5, 5.41) is 2.20. The van der Waals surface area contributed by atoms with Gasteiger partial charge in [-0.15, -0.1) is 0 Å². The van der Waals surface area contributed by atoms with E-state index in [1.165, 1.54) is 31.4 Å². The van der Waals surface area contributed by atoms with E-state index in [0.29, 0.717) is 6.42 Å². The van der Waals surface area contributed by atoms with Gasteiger partial charge in [0.15, 0.2) is 0 Å². The molecule has 0 fully saturated rings. The average Bonchev–Trinajstić information content (AvgIpc) is 2.78. The van der Waals surface area contributed by atoms with E-state index in [2.05, 4.69) is 20.3 Å². The Balaban J connectivity index is 1.73. The summed E-state index contributed by atoms with van der Waals surface area (Å²) in [7, 11) is -3.11. The number of urea groups is 1. The fraction of sp³-hybridized carbons (Fsp3) is 0.227. The number of hydrogen-bond donors (Lipinski definition) is 2. The van der Waals surface area contributed by atoms with Gasteiger partial charge in [0.2, 0.25) is 5.95 Å². The van der Waals surface area contributed by atoms with Crippen LogP contribution >= 0.6 is 0 Å². The predicted octanol–water partition coefficient (Wildman–Crippen LogP) is 2.49. The number of nitrogens with zero attached hydrogens (tertiary/aromatic N) is 3. The second kappa shape index (κ2) is 10.7. The average molecular weight is 486 g/mol. The first-order valence-corrected chi connectivity index (χ1v) is 11.6. The molecular weight excluding hydrogens is 462 g/mol. The lowest BCUT2D eigenvalue weighted by atomic mass is 10.1. The Labute approximate surface area is 196 Å². The largest absolute Gasteiger partial charge is 0.467 e. The minimum Gasteiger partial charge on any atom is -0.467 e. The first-order chi connectivity index (χ1) is 16.2. The second-order valence-electron chi connectivity index (χ2n) is 7.15. The molecular formula is C22H23N5O6S. The Bertz CT molecular complexity index is 1280. The Kier molecular flexibility index (Phi) is 7.74. The highest BCUT2D eigenvalue weighted by atomic mass is 32.2. The number of sulfonamides is 1. The van der Waals surface area contributed by atoms with Gasteiger partial charge in [0, 0.05) is 6.42 Å². The Morgan fingerprint density at radius 1 is 1.00 bits per heavy atom. The van der Waals surface area contributed by atoms with Crippen LogP contribution in [0.15, 0.2) is 59.5 Å². The molecule has 2 aromatic carbocycles. The maximum absolute atomic E-state index is 12.9. The van der Waals surface area contributed by atoms with Gasteiger partial charge in [-0.3, -0.25) is 5.32 Å². The summed E-state index contributed by atoms with van der Waals surface area (Å²) < 4.78 is 37.9. The molecule has 3 aromatic rings. The van der Waals surface area contributed by atoms with Gasteiger partial charge in [0.1, 0.15) is 16.8 Å². The Hall–Kier alpha value is -4.06. The molecule has 178 valence electrons. The van der Waals surface area contributed by atoms with E-state index >= 15 is 0 Å². The molecule has 0 saturated heterocycles. The highest BCUT2D eigenvalue weighted by molar-refractivity contribution is 7.90. The topological polar surface area (TPSA) is 149 Å². The van der Waals surface area contributed by atoms with Gasteiger partial charge in [-0.05, 0) is 31.5 Å². The number of anilines is 1. The number of carbonyl (C=O) groups is 2. The number of esters is 1. The van der Waals surface area contributed by atoms with Gasteiger partial charge in [-0.1, -0.05) is 42.5 Å². The monoisotopic (exact) mass is 485 g/mol. The first kappa shape index (κ1) is 24.6. The van der Waals surface area contributed by atoms with Crippen molar-refractivity contribution in [1.29, 1.82) is 0 Å². The van der Waals surface area contributed by atoms with Crippen LogP contribution in [-0.2, 0) is 21.2 Å². The van der Waals surface area contributed by atoms with Crippen LogP contribution in [0.5, 0.6) is 6.01 Å². The van der Waals surface area contributed by atoms with E-state index in [1.54, 1.807) is 13.8 Å². The molecule has 12 heteroatoms. The molecule has 11 nitrogen and oxygen atoms in total. The van der Waals surface area contributed by atoms with Gasteiger partial charge >= 0.3 is 18.0 Å². The molecule has 0 radical (unpaired) electrons. The van der Waals surface area contributed by atoms with Crippen molar-refractivity contribution in [2.75, 3.05) is 12.4 Å². The second-order valence-corrected chi connectivity index (χ2v) is 8.81. The quantitative estimate of drug-likeness (QED) is 0.459. The third kappa shape index (κ3) is 6.48. The number of amides is 2. The fourth-order valence-electron chi connectivity index (χ4n) is 3.01. The third-order valence-corrected chi connectivity index (χ3v) is 5.82. The summed E-state index contributed by atoms with van der Waals surface area (Å²) in [6.45, 7) is 3.25. The van der Waals surface area contributed by atoms with E-state index in [0.717, 1.165) is 5.56 Å². The number of hydrogen-bond acceptors (Lipinski definition) is 9. The normalized spacial score (nSPS) is 11.9. The van der Waals surface area contributed by atoms with Crippen LogP contribution in [0.2, 0.25) is 0 Å². The predicted molar refractivity (Wildman–Crippen MR) is 122 cm³/mol. The molecule has 0 bridgehead atoms. The Morgan fingerprint density at radius 2 is 1.68 bits per heavy atom. The molecule has 0 saturated carbocycles. The molecule has 1 heterocycles. The van der Waals surface area contributed by atoms with Crippen molar-refractivity contribution in [3.63, 3.8) is 0 Å². The zero-order valence-corrected chi connectivity index (χ0v) is 19.5. The highest BCUT2D eigenvalue weighted by Crippen LogP contribution is 2.18. The molecule has 1 atom stereocenters. The summed E-state index contributed by atoms with van der Waals surface area (Å²) in [5.41, 5.74) is 0.757. The summed E-state index contributed by atoms with van der Waals surface area (Å²) in [6, 6.07) is 13.7. The smallest absolute Gasteiger partial charge is 0.339 e. The minimum absolute atomic E-state index is 0.0524. The van der Waals surface area contributed by atoms with Crippen LogP contribution in [0.1, 0.15) is 28.7 Å². The van der Waals surface area contributed by atoms with Crippen LogP contribution in [0.25, 0.3) is 0 Å². The van der Waals surface area contributed by atoms with Crippen LogP contribution in [0, 0.1) is 6.92 Å². The van der Waals surface area contributed by atoms with E-state index in [4.69, 9.17) is 9.47 Å². The zero-order valence-electron chi connectivity index (χ0n) is 18.7. The van der Waals surface area contributed by atoms with Crippen molar-refractivity contribution in [2.45, 2.75) is 31.3 Å².